The summed E-state index contributed by atoms with van der Waals surface area (Å²) in [4.78, 5) is 0. The molecule has 2 aromatic carbocycles. The molecule has 0 aliphatic heterocycles. The largest absolute Gasteiger partial charge is 0.491 e. The van der Waals surface area contributed by atoms with E-state index in [4.69, 9.17) is 27.9 Å². The van der Waals surface area contributed by atoms with Gasteiger partial charge in [-0.2, -0.15) is 5.26 Å². The molecule has 0 saturated carbocycles. The van der Waals surface area contributed by atoms with Crippen molar-refractivity contribution in [3.8, 4) is 11.8 Å². The minimum Gasteiger partial charge on any atom is -0.491 e. The zero-order chi connectivity index (χ0) is 17.7. The normalized spacial score (nSPS) is 11.8. The Morgan fingerprint density at radius 1 is 1.08 bits per heavy atom. The fraction of sp³-hybridized carbons (Fsp3) is 0.235. The first-order valence-electron chi connectivity index (χ1n) is 7.04. The first-order chi connectivity index (χ1) is 11.4. The maximum Gasteiger partial charge on any atom is 0.147 e. The van der Waals surface area contributed by atoms with Crippen molar-refractivity contribution in [3.05, 3.63) is 59.4 Å². The van der Waals surface area contributed by atoms with E-state index in [2.05, 4.69) is 53.9 Å². The summed E-state index contributed by atoms with van der Waals surface area (Å²) >= 11 is 22.5. The molecule has 0 spiro atoms. The van der Waals surface area contributed by atoms with E-state index in [0.29, 0.717) is 23.1 Å². The Morgan fingerprint density at radius 2 is 1.75 bits per heavy atom. The van der Waals surface area contributed by atoms with Gasteiger partial charge in [0.15, 0.2) is 0 Å². The number of halogens is 5. The lowest BCUT2D eigenvalue weighted by Gasteiger charge is -2.13. The molecule has 126 valence electrons. The summed E-state index contributed by atoms with van der Waals surface area (Å²) < 4.78 is 8.50. The third kappa shape index (κ3) is 5.37. The summed E-state index contributed by atoms with van der Waals surface area (Å²) in [6.07, 6.45) is 1.38. The van der Waals surface area contributed by atoms with Gasteiger partial charge in [-0.15, -0.1) is 0 Å². The minimum absolute atomic E-state index is 0.282. The van der Waals surface area contributed by atoms with E-state index in [0.717, 1.165) is 31.2 Å². The first-order valence-corrected chi connectivity index (χ1v) is 10.2. The van der Waals surface area contributed by atoms with Crippen LogP contribution in [0.25, 0.3) is 0 Å². The van der Waals surface area contributed by atoms with Crippen LogP contribution in [0.1, 0.15) is 24.3 Å². The summed E-state index contributed by atoms with van der Waals surface area (Å²) in [5.41, 5.74) is 0.801. The van der Waals surface area contributed by atoms with Crippen molar-refractivity contribution in [2.45, 2.75) is 18.8 Å². The van der Waals surface area contributed by atoms with E-state index in [9.17, 15) is 5.26 Å². The summed E-state index contributed by atoms with van der Waals surface area (Å²) in [6.45, 7) is 0.502. The molecule has 0 fully saturated rings. The standard InChI is InChI=1S/C17H12Br3Cl2NO/c18-11-6-14(19)17(15(20)7-11)24-5-1-2-10(9-23)13-4-3-12(21)8-16(13)22/h3-4,6-8,10H,1-2,5H2. The second-order valence-corrected chi connectivity index (χ2v) is 8.50. The van der Waals surface area contributed by atoms with Gasteiger partial charge < -0.3 is 4.74 Å². The van der Waals surface area contributed by atoms with E-state index < -0.39 is 0 Å². The molecule has 0 aliphatic rings. The van der Waals surface area contributed by atoms with Crippen LogP contribution in [0.2, 0.25) is 10.0 Å². The van der Waals surface area contributed by atoms with Crippen molar-refractivity contribution >= 4 is 71.0 Å². The maximum absolute atomic E-state index is 9.41. The number of nitriles is 1. The number of hydrogen-bond donors (Lipinski definition) is 0. The average Bonchev–Trinajstić information content (AvgIpc) is 2.50. The van der Waals surface area contributed by atoms with Crippen molar-refractivity contribution in [3.63, 3.8) is 0 Å². The number of hydrogen-bond acceptors (Lipinski definition) is 2. The second kappa shape index (κ2) is 9.45. The zero-order valence-corrected chi connectivity index (χ0v) is 18.6. The molecule has 24 heavy (non-hydrogen) atoms. The Hall–Kier alpha value is -0.250. The van der Waals surface area contributed by atoms with Crippen LogP contribution < -0.4 is 4.74 Å². The highest BCUT2D eigenvalue weighted by Crippen LogP contribution is 2.37. The van der Waals surface area contributed by atoms with Crippen LogP contribution in [0.5, 0.6) is 5.75 Å². The fourth-order valence-electron chi connectivity index (χ4n) is 2.20. The van der Waals surface area contributed by atoms with Gasteiger partial charge in [0.1, 0.15) is 5.75 Å². The van der Waals surface area contributed by atoms with Gasteiger partial charge in [0.05, 0.1) is 27.5 Å². The van der Waals surface area contributed by atoms with Crippen LogP contribution in [0.15, 0.2) is 43.7 Å². The van der Waals surface area contributed by atoms with Crippen LogP contribution >= 0.6 is 71.0 Å². The van der Waals surface area contributed by atoms with E-state index >= 15 is 0 Å². The highest BCUT2D eigenvalue weighted by atomic mass is 79.9. The summed E-state index contributed by atoms with van der Waals surface area (Å²) in [7, 11) is 0. The molecule has 2 nitrogen and oxygen atoms in total. The van der Waals surface area contributed by atoms with Gasteiger partial charge in [-0.25, -0.2) is 0 Å². The van der Waals surface area contributed by atoms with Gasteiger partial charge >= 0.3 is 0 Å². The lowest BCUT2D eigenvalue weighted by molar-refractivity contribution is 0.301. The summed E-state index contributed by atoms with van der Waals surface area (Å²) in [5.74, 6) is 0.464. The molecule has 0 heterocycles. The predicted molar refractivity (Wildman–Crippen MR) is 109 cm³/mol. The maximum atomic E-state index is 9.41. The molecule has 0 bridgehead atoms. The Balaban J connectivity index is 1.95. The van der Waals surface area contributed by atoms with Gasteiger partial charge in [0.25, 0.3) is 0 Å². The third-order valence-corrected chi connectivity index (χ3v) is 5.54. The first kappa shape index (κ1) is 20.1. The molecule has 1 atom stereocenters. The van der Waals surface area contributed by atoms with Crippen molar-refractivity contribution < 1.29 is 4.74 Å². The van der Waals surface area contributed by atoms with Crippen molar-refractivity contribution in [2.24, 2.45) is 0 Å². The van der Waals surface area contributed by atoms with E-state index in [-0.39, 0.29) is 5.92 Å². The molecule has 0 radical (unpaired) electrons. The van der Waals surface area contributed by atoms with Gasteiger partial charge in [-0.05, 0) is 74.5 Å². The molecule has 0 amide bonds. The Labute approximate surface area is 176 Å². The van der Waals surface area contributed by atoms with Gasteiger partial charge in [-0.3, -0.25) is 0 Å². The summed E-state index contributed by atoms with van der Waals surface area (Å²) in [5, 5.41) is 10.5. The Kier molecular flexibility index (Phi) is 7.90. The monoisotopic (exact) mass is 553 g/mol. The Bertz CT molecular complexity index is 754. The SMILES string of the molecule is N#CC(CCCOc1c(Br)cc(Br)cc1Br)c1ccc(Cl)cc1Cl. The minimum atomic E-state index is -0.282. The molecular formula is C17H12Br3Cl2NO. The average molecular weight is 557 g/mol. The highest BCUT2D eigenvalue weighted by molar-refractivity contribution is 9.11. The molecule has 7 heteroatoms. The molecular weight excluding hydrogens is 545 g/mol. The van der Waals surface area contributed by atoms with Crippen LogP contribution in [-0.2, 0) is 0 Å². The summed E-state index contributed by atoms with van der Waals surface area (Å²) in [6, 6.07) is 11.4. The van der Waals surface area contributed by atoms with E-state index in [1.165, 1.54) is 0 Å². The second-order valence-electron chi connectivity index (χ2n) is 5.04. The molecule has 2 rings (SSSR count). The van der Waals surface area contributed by atoms with Gasteiger partial charge in [0, 0.05) is 14.5 Å². The zero-order valence-electron chi connectivity index (χ0n) is 12.3. The molecule has 2 aromatic rings. The van der Waals surface area contributed by atoms with Crippen LogP contribution in [0.4, 0.5) is 0 Å². The number of ether oxygens (including phenoxy) is 1. The highest BCUT2D eigenvalue weighted by Gasteiger charge is 2.15. The van der Waals surface area contributed by atoms with E-state index in [1.54, 1.807) is 18.2 Å². The third-order valence-electron chi connectivity index (χ3n) is 3.34. The number of nitrogens with zero attached hydrogens (tertiary/aromatic N) is 1. The Morgan fingerprint density at radius 3 is 2.33 bits per heavy atom. The molecule has 0 aromatic heterocycles. The topological polar surface area (TPSA) is 33.0 Å². The van der Waals surface area contributed by atoms with Crippen molar-refractivity contribution in [1.82, 2.24) is 0 Å². The molecule has 0 saturated heterocycles. The van der Waals surface area contributed by atoms with Crippen molar-refractivity contribution in [1.29, 1.82) is 5.26 Å². The molecule has 0 N–H and O–H groups in total. The number of rotatable bonds is 6. The fourth-order valence-corrected chi connectivity index (χ4v) is 5.23. The van der Waals surface area contributed by atoms with Crippen molar-refractivity contribution in [2.75, 3.05) is 6.61 Å². The predicted octanol–water partition coefficient (Wildman–Crippen LogP) is 7.75. The van der Waals surface area contributed by atoms with Crippen LogP contribution in [-0.4, -0.2) is 6.61 Å². The smallest absolute Gasteiger partial charge is 0.147 e. The molecule has 1 unspecified atom stereocenters. The van der Waals surface area contributed by atoms with Gasteiger partial charge in [0.2, 0.25) is 0 Å². The lowest BCUT2D eigenvalue weighted by Crippen LogP contribution is -2.03. The number of benzene rings is 2. The lowest BCUT2D eigenvalue weighted by atomic mass is 9.96. The van der Waals surface area contributed by atoms with E-state index in [1.807, 2.05) is 12.1 Å². The van der Waals surface area contributed by atoms with Gasteiger partial charge in [-0.1, -0.05) is 45.2 Å². The quantitative estimate of drug-likeness (QED) is 0.341. The van der Waals surface area contributed by atoms with Crippen LogP contribution in [0, 0.1) is 11.3 Å². The van der Waals surface area contributed by atoms with Crippen LogP contribution in [0.3, 0.4) is 0 Å². The molecule has 0 aliphatic carbocycles.